The number of rotatable bonds is 3. The van der Waals surface area contributed by atoms with Crippen LogP contribution in [0.1, 0.15) is 13.3 Å². The van der Waals surface area contributed by atoms with E-state index in [9.17, 15) is 9.90 Å². The van der Waals surface area contributed by atoms with Crippen molar-refractivity contribution in [1.82, 2.24) is 0 Å². The van der Waals surface area contributed by atoms with E-state index in [-0.39, 0.29) is 18.9 Å². The van der Waals surface area contributed by atoms with E-state index < -0.39 is 5.91 Å². The van der Waals surface area contributed by atoms with E-state index in [0.29, 0.717) is 0 Å². The topological polar surface area (TPSA) is 63.0 Å². The van der Waals surface area contributed by atoms with Crippen molar-refractivity contribution >= 4 is 5.91 Å². The first kappa shape index (κ1) is 7.43. The van der Waals surface area contributed by atoms with E-state index in [0.717, 1.165) is 0 Å². The Morgan fingerprint density at radius 3 is 2.38 bits per heavy atom. The average molecular weight is 116 g/mol. The predicted octanol–water partition coefficient (Wildman–Crippen LogP) is -0.0716. The summed E-state index contributed by atoms with van der Waals surface area (Å²) in [5.74, 6) is -0.499. The highest BCUT2D eigenvalue weighted by molar-refractivity contribution is 5.73. The number of amides is 1. The zero-order valence-corrected chi connectivity index (χ0v) is 4.89. The van der Waals surface area contributed by atoms with Gasteiger partial charge < -0.3 is 5.73 Å². The molecule has 0 spiro atoms. The molecule has 0 aromatic heterocycles. The minimum Gasteiger partial charge on any atom is -0.370 e. The molecule has 0 aromatic carbocycles. The van der Waals surface area contributed by atoms with E-state index >= 15 is 0 Å². The fraction of sp³-hybridized carbons (Fsp3) is 0.800. The number of nitrogens with two attached hydrogens (primary N) is 1. The standard InChI is InChI=1S/C5H10NO2/c1-4(3-7)2-5(6)8/h4H,2-3H2,1H3,(H2,6,8). The summed E-state index contributed by atoms with van der Waals surface area (Å²) in [6.45, 7) is 1.49. The molecule has 3 nitrogen and oxygen atoms in total. The van der Waals surface area contributed by atoms with Crippen LogP contribution in [0, 0.1) is 5.92 Å². The molecule has 47 valence electrons. The number of carbonyl (C=O) groups is 1. The third-order valence-corrected chi connectivity index (χ3v) is 0.834. The molecule has 8 heavy (non-hydrogen) atoms. The first-order valence-electron chi connectivity index (χ1n) is 2.53. The van der Waals surface area contributed by atoms with Gasteiger partial charge in [-0.1, -0.05) is 6.92 Å². The van der Waals surface area contributed by atoms with Gasteiger partial charge in [-0.25, -0.2) is 5.11 Å². The molecule has 0 rings (SSSR count). The van der Waals surface area contributed by atoms with Crippen molar-refractivity contribution < 1.29 is 9.90 Å². The second-order valence-corrected chi connectivity index (χ2v) is 1.94. The Hall–Kier alpha value is -0.570. The van der Waals surface area contributed by atoms with Crippen molar-refractivity contribution in [2.45, 2.75) is 13.3 Å². The predicted molar refractivity (Wildman–Crippen MR) is 28.5 cm³/mol. The fourth-order valence-corrected chi connectivity index (χ4v) is 0.402. The van der Waals surface area contributed by atoms with Crippen LogP contribution in [0.2, 0.25) is 0 Å². The van der Waals surface area contributed by atoms with Crippen molar-refractivity contribution in [3.05, 3.63) is 0 Å². The fourth-order valence-electron chi connectivity index (χ4n) is 0.402. The molecule has 0 heterocycles. The average Bonchev–Trinajstić information content (AvgIpc) is 1.65. The SMILES string of the molecule is CC(C[O])CC(N)=O. The highest BCUT2D eigenvalue weighted by Crippen LogP contribution is 1.97. The molecule has 1 radical (unpaired) electrons. The molecule has 0 saturated carbocycles. The minimum absolute atomic E-state index is 0.104. The third kappa shape index (κ3) is 3.61. The van der Waals surface area contributed by atoms with Crippen LogP contribution >= 0.6 is 0 Å². The summed E-state index contributed by atoms with van der Waals surface area (Å²) < 4.78 is 0. The number of carbonyl (C=O) groups excluding carboxylic acids is 1. The molecule has 2 N–H and O–H groups in total. The maximum atomic E-state index is 10.1. The van der Waals surface area contributed by atoms with E-state index in [1.807, 2.05) is 0 Å². The lowest BCUT2D eigenvalue weighted by atomic mass is 10.1. The molecule has 1 atom stereocenters. The normalized spacial score (nSPS) is 13.2. The molecular weight excluding hydrogens is 106 g/mol. The summed E-state index contributed by atoms with van der Waals surface area (Å²) in [6, 6.07) is 0. The Labute approximate surface area is 48.5 Å². The van der Waals surface area contributed by atoms with Gasteiger partial charge in [-0.2, -0.15) is 0 Å². The van der Waals surface area contributed by atoms with E-state index in [1.54, 1.807) is 6.92 Å². The van der Waals surface area contributed by atoms with Crippen molar-refractivity contribution in [2.75, 3.05) is 6.61 Å². The smallest absolute Gasteiger partial charge is 0.217 e. The van der Waals surface area contributed by atoms with Crippen LogP contribution in [-0.2, 0) is 9.90 Å². The summed E-state index contributed by atoms with van der Waals surface area (Å²) >= 11 is 0. The number of primary amides is 1. The lowest BCUT2D eigenvalue weighted by Gasteiger charge is -1.99. The Morgan fingerprint density at radius 2 is 2.25 bits per heavy atom. The molecule has 3 heteroatoms. The summed E-state index contributed by atoms with van der Waals surface area (Å²) in [4.78, 5) is 10.1. The third-order valence-electron chi connectivity index (χ3n) is 0.834. The molecule has 0 aliphatic heterocycles. The molecule has 0 aliphatic carbocycles. The molecule has 0 saturated heterocycles. The second kappa shape index (κ2) is 3.43. The quantitative estimate of drug-likeness (QED) is 0.551. The monoisotopic (exact) mass is 116 g/mol. The van der Waals surface area contributed by atoms with Gasteiger partial charge in [0, 0.05) is 6.42 Å². The van der Waals surface area contributed by atoms with Crippen molar-refractivity contribution in [1.29, 1.82) is 0 Å². The van der Waals surface area contributed by atoms with Crippen molar-refractivity contribution in [3.63, 3.8) is 0 Å². The van der Waals surface area contributed by atoms with Gasteiger partial charge >= 0.3 is 0 Å². The maximum Gasteiger partial charge on any atom is 0.217 e. The summed E-state index contributed by atoms with van der Waals surface area (Å²) in [5, 5.41) is 9.96. The van der Waals surface area contributed by atoms with Gasteiger partial charge in [-0.15, -0.1) is 0 Å². The second-order valence-electron chi connectivity index (χ2n) is 1.94. The van der Waals surface area contributed by atoms with Crippen molar-refractivity contribution in [2.24, 2.45) is 11.7 Å². The minimum atomic E-state index is -0.395. The molecule has 0 bridgehead atoms. The molecule has 0 aromatic rings. The molecule has 1 unspecified atom stereocenters. The van der Waals surface area contributed by atoms with Crippen LogP contribution in [0.3, 0.4) is 0 Å². The van der Waals surface area contributed by atoms with E-state index in [2.05, 4.69) is 0 Å². The first-order valence-corrected chi connectivity index (χ1v) is 2.53. The molecule has 0 aliphatic rings. The Kier molecular flexibility index (Phi) is 3.19. The van der Waals surface area contributed by atoms with Crippen molar-refractivity contribution in [3.8, 4) is 0 Å². The van der Waals surface area contributed by atoms with Gasteiger partial charge in [-0.3, -0.25) is 4.79 Å². The van der Waals surface area contributed by atoms with Gasteiger partial charge in [0.05, 0.1) is 6.61 Å². The molecule has 1 amide bonds. The Balaban J connectivity index is 3.24. The Bertz CT molecular complexity index is 82.5. The van der Waals surface area contributed by atoms with Crippen LogP contribution < -0.4 is 5.73 Å². The number of hydrogen-bond acceptors (Lipinski definition) is 1. The highest BCUT2D eigenvalue weighted by atomic mass is 16.3. The van der Waals surface area contributed by atoms with Crippen LogP contribution in [0.4, 0.5) is 0 Å². The van der Waals surface area contributed by atoms with Crippen LogP contribution in [0.15, 0.2) is 0 Å². The van der Waals surface area contributed by atoms with Gasteiger partial charge in [-0.05, 0) is 5.92 Å². The highest BCUT2D eigenvalue weighted by Gasteiger charge is 2.03. The summed E-state index contributed by atoms with van der Waals surface area (Å²) in [5.41, 5.74) is 4.79. The number of hydrogen-bond donors (Lipinski definition) is 1. The van der Waals surface area contributed by atoms with Gasteiger partial charge in [0.25, 0.3) is 0 Å². The summed E-state index contributed by atoms with van der Waals surface area (Å²) in [7, 11) is 0. The lowest BCUT2D eigenvalue weighted by molar-refractivity contribution is -0.119. The summed E-state index contributed by atoms with van der Waals surface area (Å²) in [6.07, 6.45) is 0.212. The van der Waals surface area contributed by atoms with E-state index in [1.165, 1.54) is 0 Å². The van der Waals surface area contributed by atoms with Gasteiger partial charge in [0.2, 0.25) is 5.91 Å². The van der Waals surface area contributed by atoms with Gasteiger partial charge in [0.1, 0.15) is 0 Å². The molecule has 0 fully saturated rings. The zero-order valence-electron chi connectivity index (χ0n) is 4.89. The largest absolute Gasteiger partial charge is 0.370 e. The lowest BCUT2D eigenvalue weighted by Crippen LogP contribution is -2.15. The Morgan fingerprint density at radius 1 is 1.75 bits per heavy atom. The molecular formula is C5H10NO2. The van der Waals surface area contributed by atoms with E-state index in [4.69, 9.17) is 5.73 Å². The zero-order chi connectivity index (χ0) is 6.57. The van der Waals surface area contributed by atoms with Gasteiger partial charge in [0.15, 0.2) is 0 Å². The van der Waals surface area contributed by atoms with Crippen LogP contribution in [0.25, 0.3) is 0 Å². The van der Waals surface area contributed by atoms with Crippen LogP contribution in [-0.4, -0.2) is 12.5 Å². The first-order chi connectivity index (χ1) is 3.66. The maximum absolute atomic E-state index is 10.1. The van der Waals surface area contributed by atoms with Crippen LogP contribution in [0.5, 0.6) is 0 Å².